The number of imidazole rings is 1. The number of carboxylic acids is 1. The van der Waals surface area contributed by atoms with Crippen LogP contribution >= 0.6 is 0 Å². The van der Waals surface area contributed by atoms with E-state index in [0.29, 0.717) is 5.56 Å². The average molecular weight is 254 g/mol. The number of allylic oxidation sites excluding steroid dienone is 2. The van der Waals surface area contributed by atoms with Gasteiger partial charge in [-0.2, -0.15) is 0 Å². The van der Waals surface area contributed by atoms with Crippen molar-refractivity contribution in [3.63, 3.8) is 0 Å². The number of carboxylic acid groups (broad SMARTS) is 1. The van der Waals surface area contributed by atoms with Crippen molar-refractivity contribution in [2.75, 3.05) is 0 Å². The molecule has 0 aliphatic heterocycles. The third-order valence-electron chi connectivity index (χ3n) is 3.64. The molecule has 0 spiro atoms. The van der Waals surface area contributed by atoms with Crippen molar-refractivity contribution in [3.8, 4) is 0 Å². The van der Waals surface area contributed by atoms with Crippen LogP contribution in [0.25, 0.3) is 11.3 Å². The number of aryl methyl sites for hydroxylation is 1. The molecule has 3 rings (SSSR count). The minimum absolute atomic E-state index is 0.338. The van der Waals surface area contributed by atoms with E-state index in [2.05, 4.69) is 4.98 Å². The molecular formula is C15H14N2O2. The molecule has 1 aliphatic carbocycles. The summed E-state index contributed by atoms with van der Waals surface area (Å²) < 4.78 is 2.01. The Bertz CT molecular complexity index is 669. The number of benzene rings is 1. The van der Waals surface area contributed by atoms with Crippen LogP contribution in [0.2, 0.25) is 0 Å². The van der Waals surface area contributed by atoms with Crippen LogP contribution in [0.3, 0.4) is 0 Å². The Morgan fingerprint density at radius 2 is 2.21 bits per heavy atom. The first-order valence-electron chi connectivity index (χ1n) is 6.21. The summed E-state index contributed by atoms with van der Waals surface area (Å²) in [5, 5.41) is 9.09. The third kappa shape index (κ3) is 1.95. The molecule has 0 radical (unpaired) electrons. The van der Waals surface area contributed by atoms with Crippen LogP contribution in [0, 0.1) is 0 Å². The van der Waals surface area contributed by atoms with Gasteiger partial charge >= 0.3 is 5.97 Å². The van der Waals surface area contributed by atoms with E-state index in [9.17, 15) is 4.79 Å². The van der Waals surface area contributed by atoms with Gasteiger partial charge in [-0.1, -0.05) is 6.07 Å². The van der Waals surface area contributed by atoms with Crippen LogP contribution in [0.15, 0.2) is 36.9 Å². The Balaban J connectivity index is 2.14. The van der Waals surface area contributed by atoms with E-state index in [1.165, 1.54) is 11.3 Å². The second-order valence-corrected chi connectivity index (χ2v) is 4.72. The number of hydrogen-bond acceptors (Lipinski definition) is 2. The number of nitrogens with zero attached hydrogens (tertiary/aromatic N) is 2. The van der Waals surface area contributed by atoms with Crippen molar-refractivity contribution in [2.45, 2.75) is 19.8 Å². The van der Waals surface area contributed by atoms with Gasteiger partial charge in [-0.15, -0.1) is 0 Å². The average Bonchev–Trinajstić information content (AvgIpc) is 2.92. The molecule has 0 saturated heterocycles. The zero-order valence-corrected chi connectivity index (χ0v) is 10.6. The van der Waals surface area contributed by atoms with Crippen LogP contribution in [-0.4, -0.2) is 20.6 Å². The number of aromatic nitrogens is 2. The Kier molecular flexibility index (Phi) is 2.71. The molecule has 1 aromatic heterocycles. The van der Waals surface area contributed by atoms with Gasteiger partial charge in [0.25, 0.3) is 0 Å². The normalized spacial score (nSPS) is 14.4. The van der Waals surface area contributed by atoms with Gasteiger partial charge in [-0.05, 0) is 48.6 Å². The van der Waals surface area contributed by atoms with Crippen molar-refractivity contribution < 1.29 is 9.90 Å². The lowest BCUT2D eigenvalue weighted by Gasteiger charge is -2.22. The Hall–Kier alpha value is -2.36. The SMILES string of the molecule is CC1=C(n2ccnc2)CCc2ccc(C(=O)O)cc21. The zero-order chi connectivity index (χ0) is 13.4. The van der Waals surface area contributed by atoms with E-state index in [1.54, 1.807) is 24.7 Å². The lowest BCUT2D eigenvalue weighted by atomic mass is 9.88. The van der Waals surface area contributed by atoms with Crippen molar-refractivity contribution in [2.24, 2.45) is 0 Å². The van der Waals surface area contributed by atoms with Crippen LogP contribution in [0.5, 0.6) is 0 Å². The van der Waals surface area contributed by atoms with Gasteiger partial charge in [0.15, 0.2) is 0 Å². The predicted octanol–water partition coefficient (Wildman–Crippen LogP) is 2.92. The summed E-state index contributed by atoms with van der Waals surface area (Å²) in [6.45, 7) is 2.04. The van der Waals surface area contributed by atoms with Gasteiger partial charge in [0.1, 0.15) is 0 Å². The first kappa shape index (κ1) is 11.7. The van der Waals surface area contributed by atoms with Gasteiger partial charge in [0.2, 0.25) is 0 Å². The minimum atomic E-state index is -0.884. The predicted molar refractivity (Wildman–Crippen MR) is 72.7 cm³/mol. The second-order valence-electron chi connectivity index (χ2n) is 4.72. The number of fused-ring (bicyclic) bond motifs is 1. The van der Waals surface area contributed by atoms with E-state index in [1.807, 2.05) is 23.8 Å². The maximum Gasteiger partial charge on any atom is 0.335 e. The molecule has 0 saturated carbocycles. The Morgan fingerprint density at radius 3 is 2.89 bits per heavy atom. The van der Waals surface area contributed by atoms with Crippen LogP contribution in [-0.2, 0) is 6.42 Å². The van der Waals surface area contributed by atoms with Crippen molar-refractivity contribution >= 4 is 17.2 Å². The number of aromatic carboxylic acids is 1. The quantitative estimate of drug-likeness (QED) is 0.896. The summed E-state index contributed by atoms with van der Waals surface area (Å²) in [6, 6.07) is 5.37. The molecule has 4 nitrogen and oxygen atoms in total. The number of carbonyl (C=O) groups is 1. The van der Waals surface area contributed by atoms with E-state index < -0.39 is 5.97 Å². The highest BCUT2D eigenvalue weighted by molar-refractivity contribution is 5.92. The van der Waals surface area contributed by atoms with Gasteiger partial charge in [-0.3, -0.25) is 0 Å². The maximum absolute atomic E-state index is 11.1. The molecule has 0 bridgehead atoms. The number of hydrogen-bond donors (Lipinski definition) is 1. The summed E-state index contributed by atoms with van der Waals surface area (Å²) in [5.41, 5.74) is 4.90. The second kappa shape index (κ2) is 4.39. The largest absolute Gasteiger partial charge is 0.478 e. The van der Waals surface area contributed by atoms with Crippen molar-refractivity contribution in [3.05, 3.63) is 53.6 Å². The maximum atomic E-state index is 11.1. The van der Waals surface area contributed by atoms with E-state index in [4.69, 9.17) is 5.11 Å². The lowest BCUT2D eigenvalue weighted by molar-refractivity contribution is 0.0697. The molecule has 1 aromatic carbocycles. The summed E-state index contributed by atoms with van der Waals surface area (Å²) in [4.78, 5) is 15.1. The fourth-order valence-corrected chi connectivity index (χ4v) is 2.61. The standard InChI is InChI=1S/C15H14N2O2/c1-10-13-8-12(15(18)19)3-2-11(13)4-5-14(10)17-7-6-16-9-17/h2-3,6-9H,4-5H2,1H3,(H,18,19). The summed E-state index contributed by atoms with van der Waals surface area (Å²) >= 11 is 0. The van der Waals surface area contributed by atoms with Crippen molar-refractivity contribution in [1.29, 1.82) is 0 Å². The highest BCUT2D eigenvalue weighted by Crippen LogP contribution is 2.33. The highest BCUT2D eigenvalue weighted by Gasteiger charge is 2.18. The first-order valence-corrected chi connectivity index (χ1v) is 6.21. The summed E-state index contributed by atoms with van der Waals surface area (Å²) in [5.74, 6) is -0.884. The van der Waals surface area contributed by atoms with Crippen LogP contribution in [0.4, 0.5) is 0 Å². The van der Waals surface area contributed by atoms with Gasteiger partial charge < -0.3 is 9.67 Å². The molecule has 4 heteroatoms. The zero-order valence-electron chi connectivity index (χ0n) is 10.6. The summed E-state index contributed by atoms with van der Waals surface area (Å²) in [6.07, 6.45) is 7.33. The van der Waals surface area contributed by atoms with E-state index in [0.717, 1.165) is 24.0 Å². The Labute approximate surface area is 111 Å². The lowest BCUT2D eigenvalue weighted by Crippen LogP contribution is -2.08. The molecule has 96 valence electrons. The molecule has 0 unspecified atom stereocenters. The molecule has 0 amide bonds. The third-order valence-corrected chi connectivity index (χ3v) is 3.64. The van der Waals surface area contributed by atoms with Crippen molar-refractivity contribution in [1.82, 2.24) is 9.55 Å². The number of rotatable bonds is 2. The topological polar surface area (TPSA) is 55.1 Å². The molecule has 1 heterocycles. The first-order chi connectivity index (χ1) is 9.16. The van der Waals surface area contributed by atoms with E-state index in [-0.39, 0.29) is 0 Å². The fourth-order valence-electron chi connectivity index (χ4n) is 2.61. The molecule has 19 heavy (non-hydrogen) atoms. The van der Waals surface area contributed by atoms with Crippen LogP contribution in [0.1, 0.15) is 34.8 Å². The van der Waals surface area contributed by atoms with Gasteiger partial charge in [0, 0.05) is 18.1 Å². The molecule has 1 aliphatic rings. The van der Waals surface area contributed by atoms with E-state index >= 15 is 0 Å². The molecule has 2 aromatic rings. The molecule has 1 N–H and O–H groups in total. The van der Waals surface area contributed by atoms with Gasteiger partial charge in [-0.25, -0.2) is 9.78 Å². The Morgan fingerprint density at radius 1 is 1.37 bits per heavy atom. The molecule has 0 atom stereocenters. The van der Waals surface area contributed by atoms with Gasteiger partial charge in [0.05, 0.1) is 11.9 Å². The minimum Gasteiger partial charge on any atom is -0.478 e. The molecule has 0 fully saturated rings. The van der Waals surface area contributed by atoms with Crippen LogP contribution < -0.4 is 0 Å². The summed E-state index contributed by atoms with van der Waals surface area (Å²) in [7, 11) is 0. The monoisotopic (exact) mass is 254 g/mol. The smallest absolute Gasteiger partial charge is 0.335 e. The highest BCUT2D eigenvalue weighted by atomic mass is 16.4. The molecular weight excluding hydrogens is 240 g/mol. The fraction of sp³-hybridized carbons (Fsp3) is 0.200.